The molecule has 1 unspecified atom stereocenters. The third-order valence-electron chi connectivity index (χ3n) is 2.65. The largest absolute Gasteiger partial charge is 0.391 e. The summed E-state index contributed by atoms with van der Waals surface area (Å²) < 4.78 is 0. The zero-order chi connectivity index (χ0) is 14.5. The van der Waals surface area contributed by atoms with Crippen molar-refractivity contribution < 1.29 is 14.7 Å². The molecule has 0 aliphatic heterocycles. The van der Waals surface area contributed by atoms with E-state index in [9.17, 15) is 14.7 Å². The number of carbonyl (C=O) groups excluding carboxylic acids is 2. The van der Waals surface area contributed by atoms with Crippen molar-refractivity contribution in [3.05, 3.63) is 22.4 Å². The summed E-state index contributed by atoms with van der Waals surface area (Å²) in [7, 11) is 0. The molecule has 2 amide bonds. The summed E-state index contributed by atoms with van der Waals surface area (Å²) in [4.78, 5) is 23.7. The quantitative estimate of drug-likeness (QED) is 0.755. The molecule has 3 N–H and O–H groups in total. The van der Waals surface area contributed by atoms with Gasteiger partial charge in [-0.25, -0.2) is 0 Å². The van der Waals surface area contributed by atoms with E-state index in [0.29, 0.717) is 4.88 Å². The van der Waals surface area contributed by atoms with E-state index in [0.717, 1.165) is 0 Å². The molecule has 19 heavy (non-hydrogen) atoms. The van der Waals surface area contributed by atoms with Gasteiger partial charge in [-0.15, -0.1) is 11.3 Å². The average Bonchev–Trinajstić information content (AvgIpc) is 2.85. The van der Waals surface area contributed by atoms with Gasteiger partial charge in [0, 0.05) is 6.54 Å². The predicted molar refractivity (Wildman–Crippen MR) is 75.1 cm³/mol. The first kappa shape index (κ1) is 15.7. The highest BCUT2D eigenvalue weighted by Crippen LogP contribution is 2.17. The number of hydrogen-bond donors (Lipinski definition) is 3. The maximum Gasteiger partial charge on any atom is 0.261 e. The van der Waals surface area contributed by atoms with Crippen molar-refractivity contribution in [2.75, 3.05) is 13.1 Å². The number of carbonyl (C=O) groups is 2. The molecule has 0 spiro atoms. The fraction of sp³-hybridized carbons (Fsp3) is 0.538. The molecule has 106 valence electrons. The van der Waals surface area contributed by atoms with Crippen molar-refractivity contribution >= 4 is 23.2 Å². The number of rotatable bonds is 5. The van der Waals surface area contributed by atoms with Crippen LogP contribution in [-0.4, -0.2) is 36.1 Å². The van der Waals surface area contributed by atoms with E-state index in [4.69, 9.17) is 0 Å². The highest BCUT2D eigenvalue weighted by molar-refractivity contribution is 7.12. The molecular weight excluding hydrogens is 264 g/mol. The normalized spacial score (nSPS) is 12.8. The summed E-state index contributed by atoms with van der Waals surface area (Å²) >= 11 is 1.32. The van der Waals surface area contributed by atoms with Gasteiger partial charge in [0.05, 0.1) is 17.5 Å². The molecule has 0 aromatic carbocycles. The summed E-state index contributed by atoms with van der Waals surface area (Å²) in [5.74, 6) is -0.574. The van der Waals surface area contributed by atoms with Crippen LogP contribution in [0.5, 0.6) is 0 Å². The monoisotopic (exact) mass is 284 g/mol. The van der Waals surface area contributed by atoms with E-state index in [1.54, 1.807) is 17.5 Å². The second-order valence-corrected chi connectivity index (χ2v) is 6.29. The third-order valence-corrected chi connectivity index (χ3v) is 3.52. The van der Waals surface area contributed by atoms with Gasteiger partial charge in [0.1, 0.15) is 0 Å². The molecule has 5 nitrogen and oxygen atoms in total. The molecule has 0 aliphatic carbocycles. The molecule has 0 saturated heterocycles. The van der Waals surface area contributed by atoms with Crippen LogP contribution in [0.4, 0.5) is 0 Å². The van der Waals surface area contributed by atoms with Crippen LogP contribution in [-0.2, 0) is 4.79 Å². The lowest BCUT2D eigenvalue weighted by atomic mass is 9.89. The Hall–Kier alpha value is -1.40. The van der Waals surface area contributed by atoms with Gasteiger partial charge in [-0.1, -0.05) is 26.8 Å². The molecule has 1 aromatic rings. The first-order valence-corrected chi connectivity index (χ1v) is 6.95. The van der Waals surface area contributed by atoms with Crippen molar-refractivity contribution in [3.8, 4) is 0 Å². The Balaban J connectivity index is 2.27. The number of amides is 2. The smallest absolute Gasteiger partial charge is 0.261 e. The van der Waals surface area contributed by atoms with Gasteiger partial charge in [-0.3, -0.25) is 9.59 Å². The maximum atomic E-state index is 11.6. The molecule has 0 aliphatic rings. The number of aliphatic hydroxyl groups excluding tert-OH is 1. The molecule has 0 radical (unpaired) electrons. The van der Waals surface area contributed by atoms with Gasteiger partial charge < -0.3 is 15.7 Å². The highest BCUT2D eigenvalue weighted by atomic mass is 32.1. The Bertz CT molecular complexity index is 424. The van der Waals surface area contributed by atoms with Crippen LogP contribution >= 0.6 is 11.3 Å². The van der Waals surface area contributed by atoms with E-state index < -0.39 is 6.10 Å². The Morgan fingerprint density at radius 1 is 1.37 bits per heavy atom. The van der Waals surface area contributed by atoms with Crippen LogP contribution in [0.25, 0.3) is 0 Å². The summed E-state index contributed by atoms with van der Waals surface area (Å²) in [6.07, 6.45) is -0.621. The van der Waals surface area contributed by atoms with Gasteiger partial charge in [0.2, 0.25) is 5.91 Å². The number of aliphatic hydroxyl groups is 1. The first-order valence-electron chi connectivity index (χ1n) is 6.07. The Morgan fingerprint density at radius 3 is 2.58 bits per heavy atom. The van der Waals surface area contributed by atoms with E-state index in [1.165, 1.54) is 11.3 Å². The van der Waals surface area contributed by atoms with E-state index in [1.807, 2.05) is 20.8 Å². The van der Waals surface area contributed by atoms with Gasteiger partial charge in [0.15, 0.2) is 0 Å². The lowest BCUT2D eigenvalue weighted by Gasteiger charge is -2.25. The third kappa shape index (κ3) is 5.40. The number of thiophene rings is 1. The lowest BCUT2D eigenvalue weighted by molar-refractivity contribution is -0.120. The molecule has 1 heterocycles. The molecule has 1 aromatic heterocycles. The molecule has 0 bridgehead atoms. The van der Waals surface area contributed by atoms with Crippen LogP contribution in [0.15, 0.2) is 17.5 Å². The van der Waals surface area contributed by atoms with Gasteiger partial charge in [0.25, 0.3) is 5.91 Å². The minimum absolute atomic E-state index is 0.0897. The molecular formula is C13H20N2O3S. The standard InChI is InChI=1S/C13H20N2O3S/c1-13(2,3)10(16)7-14-11(17)8-15-12(18)9-5-4-6-19-9/h4-6,10,16H,7-8H2,1-3H3,(H,14,17)(H,15,18). The first-order chi connectivity index (χ1) is 8.80. The fourth-order valence-electron chi connectivity index (χ4n) is 1.23. The molecule has 1 atom stereocenters. The zero-order valence-electron chi connectivity index (χ0n) is 11.4. The second-order valence-electron chi connectivity index (χ2n) is 5.35. The number of hydrogen-bond acceptors (Lipinski definition) is 4. The van der Waals surface area contributed by atoms with Gasteiger partial charge in [-0.05, 0) is 16.9 Å². The molecule has 1 rings (SSSR count). The van der Waals surface area contributed by atoms with Crippen molar-refractivity contribution in [1.29, 1.82) is 0 Å². The van der Waals surface area contributed by atoms with Crippen LogP contribution in [0.3, 0.4) is 0 Å². The summed E-state index contributed by atoms with van der Waals surface area (Å²) in [6.45, 7) is 5.76. The lowest BCUT2D eigenvalue weighted by Crippen LogP contribution is -2.43. The van der Waals surface area contributed by atoms with Crippen molar-refractivity contribution in [2.24, 2.45) is 5.41 Å². The summed E-state index contributed by atoms with van der Waals surface area (Å²) in [5.41, 5.74) is -0.284. The predicted octanol–water partition coefficient (Wildman–Crippen LogP) is 1.00. The van der Waals surface area contributed by atoms with Gasteiger partial charge >= 0.3 is 0 Å². The minimum Gasteiger partial charge on any atom is -0.391 e. The summed E-state index contributed by atoms with van der Waals surface area (Å²) in [5, 5.41) is 16.7. The average molecular weight is 284 g/mol. The van der Waals surface area contributed by atoms with Crippen LogP contribution in [0, 0.1) is 5.41 Å². The number of nitrogens with one attached hydrogen (secondary N) is 2. The van der Waals surface area contributed by atoms with Crippen molar-refractivity contribution in [1.82, 2.24) is 10.6 Å². The second kappa shape index (κ2) is 6.68. The maximum absolute atomic E-state index is 11.6. The summed E-state index contributed by atoms with van der Waals surface area (Å²) in [6, 6.07) is 3.47. The van der Waals surface area contributed by atoms with E-state index in [2.05, 4.69) is 10.6 Å². The van der Waals surface area contributed by atoms with Gasteiger partial charge in [-0.2, -0.15) is 0 Å². The minimum atomic E-state index is -0.621. The Morgan fingerprint density at radius 2 is 2.05 bits per heavy atom. The van der Waals surface area contributed by atoms with E-state index >= 15 is 0 Å². The fourth-order valence-corrected chi connectivity index (χ4v) is 1.87. The molecule has 6 heteroatoms. The zero-order valence-corrected chi connectivity index (χ0v) is 12.2. The topological polar surface area (TPSA) is 78.4 Å². The molecule has 0 fully saturated rings. The SMILES string of the molecule is CC(C)(C)C(O)CNC(=O)CNC(=O)c1cccs1. The van der Waals surface area contributed by atoms with Crippen LogP contribution < -0.4 is 10.6 Å². The van der Waals surface area contributed by atoms with Crippen molar-refractivity contribution in [2.45, 2.75) is 26.9 Å². The highest BCUT2D eigenvalue weighted by Gasteiger charge is 2.22. The van der Waals surface area contributed by atoms with E-state index in [-0.39, 0.29) is 30.3 Å². The van der Waals surface area contributed by atoms with Crippen molar-refractivity contribution in [3.63, 3.8) is 0 Å². The molecule has 0 saturated carbocycles. The van der Waals surface area contributed by atoms with Crippen LogP contribution in [0.2, 0.25) is 0 Å². The Kier molecular flexibility index (Phi) is 5.50. The van der Waals surface area contributed by atoms with Crippen LogP contribution in [0.1, 0.15) is 30.4 Å². The Labute approximate surface area is 117 Å².